The molecule has 0 heterocycles. The van der Waals surface area contributed by atoms with E-state index in [1.54, 1.807) is 18.2 Å². The van der Waals surface area contributed by atoms with Gasteiger partial charge in [-0.05, 0) is 25.1 Å². The van der Waals surface area contributed by atoms with Gasteiger partial charge >= 0.3 is 5.97 Å². The summed E-state index contributed by atoms with van der Waals surface area (Å²) in [6.45, 7) is 1.44. The molecule has 0 amide bonds. The summed E-state index contributed by atoms with van der Waals surface area (Å²) in [5, 5.41) is 18.8. The topological polar surface area (TPSA) is 76.0 Å². The SMILES string of the molecule is COc1ccc(OC)c(C(O)C(C)C(=O)O)c1. The van der Waals surface area contributed by atoms with Crippen LogP contribution in [0.3, 0.4) is 0 Å². The highest BCUT2D eigenvalue weighted by Crippen LogP contribution is 2.33. The highest BCUT2D eigenvalue weighted by Gasteiger charge is 2.25. The van der Waals surface area contributed by atoms with Gasteiger partial charge < -0.3 is 19.7 Å². The lowest BCUT2D eigenvalue weighted by molar-refractivity contribution is -0.145. The fourth-order valence-corrected chi connectivity index (χ4v) is 1.47. The molecule has 0 aliphatic carbocycles. The number of carbonyl (C=O) groups is 1. The zero-order chi connectivity index (χ0) is 13.0. The zero-order valence-electron chi connectivity index (χ0n) is 10.0. The van der Waals surface area contributed by atoms with Crippen LogP contribution in [0.4, 0.5) is 0 Å². The molecule has 2 unspecified atom stereocenters. The molecular formula is C12H16O5. The molecule has 0 fully saturated rings. The average molecular weight is 240 g/mol. The van der Waals surface area contributed by atoms with Crippen LogP contribution in [0.25, 0.3) is 0 Å². The third-order valence-corrected chi connectivity index (χ3v) is 2.62. The molecule has 0 bridgehead atoms. The van der Waals surface area contributed by atoms with E-state index in [0.29, 0.717) is 17.1 Å². The van der Waals surface area contributed by atoms with Crippen LogP contribution in [-0.2, 0) is 4.79 Å². The van der Waals surface area contributed by atoms with Crippen LogP contribution >= 0.6 is 0 Å². The molecule has 2 atom stereocenters. The number of carboxylic acids is 1. The van der Waals surface area contributed by atoms with Crippen molar-refractivity contribution < 1.29 is 24.5 Å². The molecule has 17 heavy (non-hydrogen) atoms. The van der Waals surface area contributed by atoms with Crippen molar-refractivity contribution in [2.24, 2.45) is 5.92 Å². The van der Waals surface area contributed by atoms with Crippen LogP contribution in [0.15, 0.2) is 18.2 Å². The first-order valence-corrected chi connectivity index (χ1v) is 5.14. The number of hydrogen-bond donors (Lipinski definition) is 2. The Balaban J connectivity index is 3.13. The third kappa shape index (κ3) is 2.88. The van der Waals surface area contributed by atoms with E-state index in [1.165, 1.54) is 21.1 Å². The molecular weight excluding hydrogens is 224 g/mol. The minimum Gasteiger partial charge on any atom is -0.497 e. The van der Waals surface area contributed by atoms with Crippen molar-refractivity contribution >= 4 is 5.97 Å². The molecule has 1 aromatic rings. The second-order valence-corrected chi connectivity index (χ2v) is 3.68. The number of ether oxygens (including phenoxy) is 2. The molecule has 5 heteroatoms. The number of benzene rings is 1. The van der Waals surface area contributed by atoms with Crippen LogP contribution in [0.1, 0.15) is 18.6 Å². The van der Waals surface area contributed by atoms with Gasteiger partial charge in [-0.25, -0.2) is 0 Å². The van der Waals surface area contributed by atoms with Gasteiger partial charge in [-0.2, -0.15) is 0 Å². The van der Waals surface area contributed by atoms with Crippen LogP contribution in [0.5, 0.6) is 11.5 Å². The van der Waals surface area contributed by atoms with E-state index in [0.717, 1.165) is 0 Å². The lowest BCUT2D eigenvalue weighted by Gasteiger charge is -2.18. The molecule has 0 aromatic heterocycles. The molecule has 2 N–H and O–H groups in total. The van der Waals surface area contributed by atoms with Crippen LogP contribution in [0.2, 0.25) is 0 Å². The minimum absolute atomic E-state index is 0.404. The molecule has 0 aliphatic rings. The van der Waals surface area contributed by atoms with Crippen LogP contribution in [0, 0.1) is 5.92 Å². The van der Waals surface area contributed by atoms with Gasteiger partial charge in [0.15, 0.2) is 0 Å². The number of hydrogen-bond acceptors (Lipinski definition) is 4. The summed E-state index contributed by atoms with van der Waals surface area (Å²) in [5.41, 5.74) is 0.404. The van der Waals surface area contributed by atoms with Crippen molar-refractivity contribution in [3.05, 3.63) is 23.8 Å². The van der Waals surface area contributed by atoms with Crippen molar-refractivity contribution in [2.45, 2.75) is 13.0 Å². The van der Waals surface area contributed by atoms with E-state index in [9.17, 15) is 9.90 Å². The number of rotatable bonds is 5. The van der Waals surface area contributed by atoms with Gasteiger partial charge in [-0.1, -0.05) is 0 Å². The number of methoxy groups -OCH3 is 2. The minimum atomic E-state index is -1.14. The molecule has 0 aliphatic heterocycles. The predicted molar refractivity (Wildman–Crippen MR) is 61.3 cm³/mol. The van der Waals surface area contributed by atoms with E-state index < -0.39 is 18.0 Å². The number of aliphatic hydroxyl groups is 1. The second kappa shape index (κ2) is 5.54. The van der Waals surface area contributed by atoms with Crippen molar-refractivity contribution in [3.8, 4) is 11.5 Å². The van der Waals surface area contributed by atoms with Gasteiger partial charge in [0, 0.05) is 5.56 Å². The summed E-state index contributed by atoms with van der Waals surface area (Å²) < 4.78 is 10.1. The first-order valence-electron chi connectivity index (χ1n) is 5.14. The average Bonchev–Trinajstić information content (AvgIpc) is 2.35. The van der Waals surface area contributed by atoms with Crippen molar-refractivity contribution in [1.82, 2.24) is 0 Å². The summed E-state index contributed by atoms with van der Waals surface area (Å²) >= 11 is 0. The Bertz CT molecular complexity index is 402. The highest BCUT2D eigenvalue weighted by molar-refractivity contribution is 5.70. The van der Waals surface area contributed by atoms with Gasteiger partial charge in [0.1, 0.15) is 11.5 Å². The Kier molecular flexibility index (Phi) is 4.34. The maximum Gasteiger partial charge on any atom is 0.309 e. The Labute approximate surface area is 99.6 Å². The molecule has 1 rings (SSSR count). The molecule has 0 saturated carbocycles. The summed E-state index contributed by atoms with van der Waals surface area (Å²) in [4.78, 5) is 10.8. The van der Waals surface area contributed by atoms with Crippen molar-refractivity contribution in [1.29, 1.82) is 0 Å². The molecule has 0 spiro atoms. The van der Waals surface area contributed by atoms with Crippen molar-refractivity contribution in [2.75, 3.05) is 14.2 Å². The fourth-order valence-electron chi connectivity index (χ4n) is 1.47. The normalized spacial score (nSPS) is 13.9. The summed E-state index contributed by atoms with van der Waals surface area (Å²) in [6.07, 6.45) is -1.14. The maximum absolute atomic E-state index is 10.8. The van der Waals surface area contributed by atoms with Crippen LogP contribution in [-0.4, -0.2) is 30.4 Å². The Morgan fingerprint density at radius 2 is 1.94 bits per heavy atom. The standard InChI is InChI=1S/C12H16O5/c1-7(12(14)15)11(13)9-6-8(16-2)4-5-10(9)17-3/h4-7,11,13H,1-3H3,(H,14,15). The first kappa shape index (κ1) is 13.3. The van der Waals surface area contributed by atoms with E-state index in [1.807, 2.05) is 0 Å². The Morgan fingerprint density at radius 3 is 2.41 bits per heavy atom. The summed E-state index contributed by atoms with van der Waals surface area (Å²) in [5.74, 6) is -1.01. The lowest BCUT2D eigenvalue weighted by Crippen LogP contribution is -2.19. The monoisotopic (exact) mass is 240 g/mol. The van der Waals surface area contributed by atoms with Crippen LogP contribution < -0.4 is 9.47 Å². The van der Waals surface area contributed by atoms with E-state index in [4.69, 9.17) is 14.6 Å². The Morgan fingerprint density at radius 1 is 1.29 bits per heavy atom. The van der Waals surface area contributed by atoms with Gasteiger partial charge in [-0.3, -0.25) is 4.79 Å². The maximum atomic E-state index is 10.8. The summed E-state index contributed by atoms with van der Waals surface area (Å²) in [7, 11) is 2.96. The first-order chi connectivity index (χ1) is 8.01. The van der Waals surface area contributed by atoms with E-state index >= 15 is 0 Å². The number of carboxylic acid groups (broad SMARTS) is 1. The largest absolute Gasteiger partial charge is 0.497 e. The smallest absolute Gasteiger partial charge is 0.309 e. The molecule has 1 aromatic carbocycles. The lowest BCUT2D eigenvalue weighted by atomic mass is 9.96. The van der Waals surface area contributed by atoms with Crippen molar-refractivity contribution in [3.63, 3.8) is 0 Å². The van der Waals surface area contributed by atoms with Gasteiger partial charge in [0.2, 0.25) is 0 Å². The zero-order valence-corrected chi connectivity index (χ0v) is 10.0. The quantitative estimate of drug-likeness (QED) is 0.814. The van der Waals surface area contributed by atoms with Gasteiger partial charge in [0.25, 0.3) is 0 Å². The molecule has 94 valence electrons. The number of aliphatic carboxylic acids is 1. The van der Waals surface area contributed by atoms with Gasteiger partial charge in [-0.15, -0.1) is 0 Å². The summed E-state index contributed by atoms with van der Waals surface area (Å²) in [6, 6.07) is 4.88. The second-order valence-electron chi connectivity index (χ2n) is 3.68. The van der Waals surface area contributed by atoms with E-state index in [-0.39, 0.29) is 0 Å². The van der Waals surface area contributed by atoms with E-state index in [2.05, 4.69) is 0 Å². The molecule has 5 nitrogen and oxygen atoms in total. The molecule has 0 saturated heterocycles. The highest BCUT2D eigenvalue weighted by atomic mass is 16.5. The van der Waals surface area contributed by atoms with Gasteiger partial charge in [0.05, 0.1) is 26.2 Å². The molecule has 0 radical (unpaired) electrons. The fraction of sp³-hybridized carbons (Fsp3) is 0.417. The predicted octanol–water partition coefficient (Wildman–Crippen LogP) is 1.46. The Hall–Kier alpha value is -1.75. The number of aliphatic hydroxyl groups excluding tert-OH is 1. The third-order valence-electron chi connectivity index (χ3n) is 2.62.